The van der Waals surface area contributed by atoms with Gasteiger partial charge in [-0.25, -0.2) is 0 Å². The maximum Gasteiger partial charge on any atom is 0.243 e. The van der Waals surface area contributed by atoms with Crippen molar-refractivity contribution in [3.63, 3.8) is 0 Å². The van der Waals surface area contributed by atoms with Crippen molar-refractivity contribution < 1.29 is 9.59 Å². The van der Waals surface area contributed by atoms with Crippen LogP contribution in [0.3, 0.4) is 0 Å². The zero-order valence-electron chi connectivity index (χ0n) is 18.2. The average molecular weight is 395 g/mol. The minimum absolute atomic E-state index is 0.0216. The molecule has 0 aliphatic rings. The summed E-state index contributed by atoms with van der Waals surface area (Å²) in [6, 6.07) is 17.6. The lowest BCUT2D eigenvalue weighted by Crippen LogP contribution is -2.52. The molecule has 2 aromatic rings. The number of hydrogen-bond acceptors (Lipinski definition) is 2. The molecule has 2 aromatic carbocycles. The molecule has 0 fully saturated rings. The molecule has 0 saturated carbocycles. The molecule has 0 heterocycles. The van der Waals surface area contributed by atoms with Gasteiger partial charge in [0.05, 0.1) is 0 Å². The fraction of sp³-hybridized carbons (Fsp3) is 0.440. The summed E-state index contributed by atoms with van der Waals surface area (Å²) in [5.74, 6) is -0.0620. The monoisotopic (exact) mass is 394 g/mol. The summed E-state index contributed by atoms with van der Waals surface area (Å²) in [4.78, 5) is 28.0. The molecule has 0 radical (unpaired) electrons. The van der Waals surface area contributed by atoms with E-state index in [-0.39, 0.29) is 17.9 Å². The number of nitrogens with one attached hydrogen (secondary N) is 1. The fourth-order valence-corrected chi connectivity index (χ4v) is 3.24. The third-order valence-electron chi connectivity index (χ3n) is 5.21. The quantitative estimate of drug-likeness (QED) is 0.638. The van der Waals surface area contributed by atoms with E-state index < -0.39 is 6.04 Å². The number of rotatable bonds is 10. The lowest BCUT2D eigenvalue weighted by atomic mass is 10.0. The minimum Gasteiger partial charge on any atom is -0.352 e. The molecule has 0 saturated heterocycles. The highest BCUT2D eigenvalue weighted by molar-refractivity contribution is 5.88. The second-order valence-electron chi connectivity index (χ2n) is 7.78. The fourth-order valence-electron chi connectivity index (χ4n) is 3.24. The van der Waals surface area contributed by atoms with E-state index in [9.17, 15) is 9.59 Å². The van der Waals surface area contributed by atoms with E-state index in [0.717, 1.165) is 24.0 Å². The van der Waals surface area contributed by atoms with E-state index in [2.05, 4.69) is 5.32 Å². The van der Waals surface area contributed by atoms with Crippen LogP contribution < -0.4 is 5.32 Å². The van der Waals surface area contributed by atoms with Crippen molar-refractivity contribution in [2.75, 3.05) is 0 Å². The molecule has 2 rings (SSSR count). The molecule has 2 atom stereocenters. The van der Waals surface area contributed by atoms with E-state index in [1.807, 2.05) is 82.3 Å². The van der Waals surface area contributed by atoms with Gasteiger partial charge in [-0.1, -0.05) is 74.0 Å². The zero-order chi connectivity index (χ0) is 21.2. The number of carbonyl (C=O) groups is 2. The Bertz CT molecular complexity index is 771. The molecule has 4 nitrogen and oxygen atoms in total. The van der Waals surface area contributed by atoms with Crippen molar-refractivity contribution in [3.05, 3.63) is 71.3 Å². The predicted molar refractivity (Wildman–Crippen MR) is 118 cm³/mol. The molecule has 0 aliphatic carbocycles. The SMILES string of the molecule is CCCC(=O)N(Cc1ccc(C)cc1)[C@H](Cc1ccccc1)C(=O)N[C@H](C)CC. The Labute approximate surface area is 175 Å². The Morgan fingerprint density at radius 2 is 1.62 bits per heavy atom. The summed E-state index contributed by atoms with van der Waals surface area (Å²) in [6.07, 6.45) is 2.55. The van der Waals surface area contributed by atoms with Gasteiger partial charge in [0, 0.05) is 25.4 Å². The summed E-state index contributed by atoms with van der Waals surface area (Å²) in [7, 11) is 0. The summed E-state index contributed by atoms with van der Waals surface area (Å²) in [6.45, 7) is 8.51. The maximum atomic E-state index is 13.2. The molecule has 4 heteroatoms. The molecule has 156 valence electrons. The minimum atomic E-state index is -0.535. The first kappa shape index (κ1) is 22.7. The number of amides is 2. The van der Waals surface area contributed by atoms with Crippen LogP contribution in [0.15, 0.2) is 54.6 Å². The Hall–Kier alpha value is -2.62. The third-order valence-corrected chi connectivity index (χ3v) is 5.21. The Morgan fingerprint density at radius 1 is 0.966 bits per heavy atom. The smallest absolute Gasteiger partial charge is 0.243 e. The predicted octanol–water partition coefficient (Wildman–Crippen LogP) is 4.65. The molecular formula is C25H34N2O2. The zero-order valence-corrected chi connectivity index (χ0v) is 18.2. The van der Waals surface area contributed by atoms with Gasteiger partial charge in [0.2, 0.25) is 11.8 Å². The van der Waals surface area contributed by atoms with E-state index in [1.54, 1.807) is 4.90 Å². The van der Waals surface area contributed by atoms with Gasteiger partial charge in [-0.3, -0.25) is 9.59 Å². The molecule has 2 amide bonds. The van der Waals surface area contributed by atoms with Gasteiger partial charge in [-0.2, -0.15) is 0 Å². The van der Waals surface area contributed by atoms with Crippen LogP contribution in [0.25, 0.3) is 0 Å². The Kier molecular flexibility index (Phi) is 8.91. The van der Waals surface area contributed by atoms with Gasteiger partial charge < -0.3 is 10.2 Å². The third kappa shape index (κ3) is 7.04. The topological polar surface area (TPSA) is 49.4 Å². The average Bonchev–Trinajstić information content (AvgIpc) is 2.72. The highest BCUT2D eigenvalue weighted by Crippen LogP contribution is 2.17. The van der Waals surface area contributed by atoms with Crippen LogP contribution >= 0.6 is 0 Å². The first-order chi connectivity index (χ1) is 13.9. The van der Waals surface area contributed by atoms with E-state index >= 15 is 0 Å². The number of carbonyl (C=O) groups excluding carboxylic acids is 2. The van der Waals surface area contributed by atoms with Crippen LogP contribution in [0.1, 0.15) is 56.7 Å². The first-order valence-corrected chi connectivity index (χ1v) is 10.6. The summed E-state index contributed by atoms with van der Waals surface area (Å²) in [5.41, 5.74) is 3.26. The molecule has 0 unspecified atom stereocenters. The van der Waals surface area contributed by atoms with Gasteiger partial charge in [0.25, 0.3) is 0 Å². The standard InChI is InChI=1S/C25H34N2O2/c1-5-10-24(28)27(18-22-15-13-19(3)14-16-22)23(25(29)26-20(4)6-2)17-21-11-8-7-9-12-21/h7-9,11-16,20,23H,5-6,10,17-18H2,1-4H3,(H,26,29)/t20-,23-/m1/s1. The second kappa shape index (κ2) is 11.4. The summed E-state index contributed by atoms with van der Waals surface area (Å²) in [5, 5.41) is 3.09. The molecule has 0 aliphatic heterocycles. The van der Waals surface area contributed by atoms with Crippen LogP contribution in [0.2, 0.25) is 0 Å². The van der Waals surface area contributed by atoms with E-state index in [0.29, 0.717) is 19.4 Å². The lowest BCUT2D eigenvalue weighted by molar-refractivity contribution is -0.141. The van der Waals surface area contributed by atoms with E-state index in [1.165, 1.54) is 5.56 Å². The van der Waals surface area contributed by atoms with Crippen LogP contribution in [0.5, 0.6) is 0 Å². The van der Waals surface area contributed by atoms with Crippen LogP contribution in [0, 0.1) is 6.92 Å². The van der Waals surface area contributed by atoms with Crippen LogP contribution in [0.4, 0.5) is 0 Å². The molecule has 0 bridgehead atoms. The van der Waals surface area contributed by atoms with Gasteiger partial charge in [0.1, 0.15) is 6.04 Å². The van der Waals surface area contributed by atoms with Crippen LogP contribution in [-0.4, -0.2) is 28.8 Å². The summed E-state index contributed by atoms with van der Waals surface area (Å²) >= 11 is 0. The number of benzene rings is 2. The van der Waals surface area contributed by atoms with Crippen LogP contribution in [-0.2, 0) is 22.6 Å². The van der Waals surface area contributed by atoms with Crippen molar-refractivity contribution in [2.24, 2.45) is 0 Å². The molecule has 0 spiro atoms. The largest absolute Gasteiger partial charge is 0.352 e. The highest BCUT2D eigenvalue weighted by atomic mass is 16.2. The van der Waals surface area contributed by atoms with Gasteiger partial charge in [0.15, 0.2) is 0 Å². The normalized spacial score (nSPS) is 12.8. The van der Waals surface area contributed by atoms with Gasteiger partial charge in [-0.05, 0) is 37.8 Å². The Balaban J connectivity index is 2.35. The van der Waals surface area contributed by atoms with Crippen molar-refractivity contribution in [1.82, 2.24) is 10.2 Å². The second-order valence-corrected chi connectivity index (χ2v) is 7.78. The number of hydrogen-bond donors (Lipinski definition) is 1. The van der Waals surface area contributed by atoms with Gasteiger partial charge in [-0.15, -0.1) is 0 Å². The molecule has 1 N–H and O–H groups in total. The van der Waals surface area contributed by atoms with Crippen molar-refractivity contribution in [3.8, 4) is 0 Å². The maximum absolute atomic E-state index is 13.2. The number of aryl methyl sites for hydroxylation is 1. The van der Waals surface area contributed by atoms with Crippen molar-refractivity contribution in [2.45, 2.75) is 72.0 Å². The molecular weight excluding hydrogens is 360 g/mol. The lowest BCUT2D eigenvalue weighted by Gasteiger charge is -2.32. The van der Waals surface area contributed by atoms with Gasteiger partial charge >= 0.3 is 0 Å². The molecule has 0 aromatic heterocycles. The van der Waals surface area contributed by atoms with Crippen molar-refractivity contribution in [1.29, 1.82) is 0 Å². The Morgan fingerprint density at radius 3 is 2.21 bits per heavy atom. The first-order valence-electron chi connectivity index (χ1n) is 10.6. The van der Waals surface area contributed by atoms with E-state index in [4.69, 9.17) is 0 Å². The highest BCUT2D eigenvalue weighted by Gasteiger charge is 2.30. The number of nitrogens with zero attached hydrogens (tertiary/aromatic N) is 1. The molecule has 29 heavy (non-hydrogen) atoms. The summed E-state index contributed by atoms with van der Waals surface area (Å²) < 4.78 is 0. The van der Waals surface area contributed by atoms with Crippen molar-refractivity contribution >= 4 is 11.8 Å².